The summed E-state index contributed by atoms with van der Waals surface area (Å²) < 4.78 is 3.22. The van der Waals surface area contributed by atoms with Crippen molar-refractivity contribution in [1.82, 2.24) is 9.55 Å². The van der Waals surface area contributed by atoms with Crippen LogP contribution in [0, 0.1) is 0 Å². The zero-order valence-corrected chi connectivity index (χ0v) is 12.6. The van der Waals surface area contributed by atoms with Crippen LogP contribution < -0.4 is 5.73 Å². The van der Waals surface area contributed by atoms with Crippen LogP contribution >= 0.6 is 15.9 Å². The molecule has 0 bridgehead atoms. The van der Waals surface area contributed by atoms with E-state index in [1.54, 1.807) is 0 Å². The number of aromatic nitrogens is 2. The summed E-state index contributed by atoms with van der Waals surface area (Å²) in [6.45, 7) is 0.771. The molecule has 0 amide bonds. The molecule has 3 rings (SSSR count). The lowest BCUT2D eigenvalue weighted by Gasteiger charge is -2.13. The van der Waals surface area contributed by atoms with Crippen molar-refractivity contribution in [2.45, 2.75) is 19.0 Å². The number of nitrogens with zero attached hydrogens (tertiary/aromatic N) is 2. The molecule has 0 saturated carbocycles. The van der Waals surface area contributed by atoms with Crippen LogP contribution in [0.3, 0.4) is 0 Å². The van der Waals surface area contributed by atoms with Gasteiger partial charge in [0.1, 0.15) is 0 Å². The van der Waals surface area contributed by atoms with Crippen LogP contribution in [0.1, 0.15) is 5.56 Å². The molecule has 102 valence electrons. The third kappa shape index (κ3) is 2.92. The van der Waals surface area contributed by atoms with E-state index in [9.17, 15) is 0 Å². The summed E-state index contributed by atoms with van der Waals surface area (Å²) >= 11 is 3.49. The lowest BCUT2D eigenvalue weighted by atomic mass is 10.1. The number of fused-ring (bicyclic) bond motifs is 1. The molecule has 20 heavy (non-hydrogen) atoms. The number of nitrogens with two attached hydrogens (primary N) is 1. The molecule has 0 aliphatic heterocycles. The highest BCUT2D eigenvalue weighted by Gasteiger charge is 2.08. The number of benzene rings is 2. The molecule has 3 aromatic rings. The van der Waals surface area contributed by atoms with Crippen molar-refractivity contribution >= 4 is 27.0 Å². The van der Waals surface area contributed by atoms with Gasteiger partial charge in [-0.2, -0.15) is 0 Å². The number of rotatable bonds is 4. The van der Waals surface area contributed by atoms with Gasteiger partial charge in [0.05, 0.1) is 17.4 Å². The smallest absolute Gasteiger partial charge is 0.0958 e. The second-order valence-electron chi connectivity index (χ2n) is 4.98. The summed E-state index contributed by atoms with van der Waals surface area (Å²) in [6, 6.07) is 16.5. The highest BCUT2D eigenvalue weighted by atomic mass is 79.9. The molecule has 4 heteroatoms. The van der Waals surface area contributed by atoms with E-state index in [-0.39, 0.29) is 6.04 Å². The molecule has 0 radical (unpaired) electrons. The largest absolute Gasteiger partial charge is 0.329 e. The van der Waals surface area contributed by atoms with E-state index in [1.165, 1.54) is 5.56 Å². The minimum atomic E-state index is 0.0712. The summed E-state index contributed by atoms with van der Waals surface area (Å²) in [4.78, 5) is 4.39. The maximum Gasteiger partial charge on any atom is 0.0958 e. The van der Waals surface area contributed by atoms with Crippen LogP contribution in [0.15, 0.2) is 59.3 Å². The van der Waals surface area contributed by atoms with Crippen LogP contribution in [0.4, 0.5) is 0 Å². The summed E-state index contributed by atoms with van der Waals surface area (Å²) in [5, 5.41) is 0. The van der Waals surface area contributed by atoms with Gasteiger partial charge in [0.15, 0.2) is 0 Å². The maximum absolute atomic E-state index is 6.27. The van der Waals surface area contributed by atoms with Gasteiger partial charge in [-0.3, -0.25) is 0 Å². The molecule has 0 fully saturated rings. The number of hydrogen-bond donors (Lipinski definition) is 1. The molecule has 3 nitrogen and oxygen atoms in total. The van der Waals surface area contributed by atoms with Crippen molar-refractivity contribution in [3.05, 3.63) is 64.9 Å². The van der Waals surface area contributed by atoms with Gasteiger partial charge in [-0.1, -0.05) is 40.2 Å². The van der Waals surface area contributed by atoms with Crippen LogP contribution in [0.25, 0.3) is 11.0 Å². The predicted molar refractivity (Wildman–Crippen MR) is 85.6 cm³/mol. The first-order valence-corrected chi connectivity index (χ1v) is 7.41. The van der Waals surface area contributed by atoms with Crippen LogP contribution in [-0.4, -0.2) is 15.6 Å². The van der Waals surface area contributed by atoms with E-state index >= 15 is 0 Å². The Labute approximate surface area is 126 Å². The molecule has 1 unspecified atom stereocenters. The first kappa shape index (κ1) is 13.3. The molecule has 2 N–H and O–H groups in total. The Kier molecular flexibility index (Phi) is 3.85. The van der Waals surface area contributed by atoms with Gasteiger partial charge < -0.3 is 10.3 Å². The van der Waals surface area contributed by atoms with E-state index in [0.717, 1.165) is 28.5 Å². The van der Waals surface area contributed by atoms with Crippen molar-refractivity contribution in [3.8, 4) is 0 Å². The minimum Gasteiger partial charge on any atom is -0.329 e. The summed E-state index contributed by atoms with van der Waals surface area (Å²) in [5.74, 6) is 0. The van der Waals surface area contributed by atoms with Crippen molar-refractivity contribution in [2.24, 2.45) is 5.73 Å². The maximum atomic E-state index is 6.27. The molecule has 0 aliphatic carbocycles. The Balaban J connectivity index is 1.74. The van der Waals surface area contributed by atoms with Gasteiger partial charge in [-0.25, -0.2) is 4.98 Å². The topological polar surface area (TPSA) is 43.8 Å². The van der Waals surface area contributed by atoms with Gasteiger partial charge in [-0.05, 0) is 36.2 Å². The standard InChI is InChI=1S/C16H16BrN3/c17-13-5-3-4-12(8-13)9-14(18)10-20-11-19-15-6-1-2-7-16(15)20/h1-8,11,14H,9-10,18H2. The van der Waals surface area contributed by atoms with Crippen LogP contribution in [-0.2, 0) is 13.0 Å². The second kappa shape index (κ2) is 5.77. The van der Waals surface area contributed by atoms with E-state index in [1.807, 2.05) is 36.7 Å². The van der Waals surface area contributed by atoms with E-state index < -0.39 is 0 Å². The predicted octanol–water partition coefficient (Wildman–Crippen LogP) is 3.37. The number of hydrogen-bond acceptors (Lipinski definition) is 2. The van der Waals surface area contributed by atoms with Crippen molar-refractivity contribution in [3.63, 3.8) is 0 Å². The fourth-order valence-electron chi connectivity index (χ4n) is 2.44. The molecule has 2 aromatic carbocycles. The SMILES string of the molecule is NC(Cc1cccc(Br)c1)Cn1cnc2ccccc21. The normalized spacial score (nSPS) is 12.7. The Morgan fingerprint density at radius 3 is 2.85 bits per heavy atom. The van der Waals surface area contributed by atoms with Crippen molar-refractivity contribution in [1.29, 1.82) is 0 Å². The summed E-state index contributed by atoms with van der Waals surface area (Å²) in [7, 11) is 0. The molecule has 0 spiro atoms. The average Bonchev–Trinajstić information content (AvgIpc) is 2.82. The molecular weight excluding hydrogens is 314 g/mol. The first-order chi connectivity index (χ1) is 9.72. The van der Waals surface area contributed by atoms with Gasteiger partial charge >= 0.3 is 0 Å². The number of para-hydroxylation sites is 2. The Morgan fingerprint density at radius 1 is 1.15 bits per heavy atom. The quantitative estimate of drug-likeness (QED) is 0.797. The Hall–Kier alpha value is -1.65. The summed E-state index contributed by atoms with van der Waals surface area (Å²) in [5.41, 5.74) is 9.67. The Morgan fingerprint density at radius 2 is 2.00 bits per heavy atom. The molecule has 0 aliphatic rings. The molecule has 1 heterocycles. The zero-order valence-electron chi connectivity index (χ0n) is 11.0. The van der Waals surface area contributed by atoms with Gasteiger partial charge in [0.2, 0.25) is 0 Å². The molecular formula is C16H16BrN3. The lowest BCUT2D eigenvalue weighted by molar-refractivity contribution is 0.559. The first-order valence-electron chi connectivity index (χ1n) is 6.62. The van der Waals surface area contributed by atoms with Crippen molar-refractivity contribution in [2.75, 3.05) is 0 Å². The molecule has 1 atom stereocenters. The highest BCUT2D eigenvalue weighted by Crippen LogP contribution is 2.15. The van der Waals surface area contributed by atoms with Gasteiger partial charge in [0.25, 0.3) is 0 Å². The third-order valence-electron chi connectivity index (χ3n) is 3.35. The zero-order chi connectivity index (χ0) is 13.9. The second-order valence-corrected chi connectivity index (χ2v) is 5.90. The third-order valence-corrected chi connectivity index (χ3v) is 3.84. The Bertz CT molecular complexity index is 720. The lowest BCUT2D eigenvalue weighted by Crippen LogP contribution is -2.28. The molecule has 1 aromatic heterocycles. The van der Waals surface area contributed by atoms with Crippen LogP contribution in [0.2, 0.25) is 0 Å². The minimum absolute atomic E-state index is 0.0712. The fraction of sp³-hybridized carbons (Fsp3) is 0.188. The fourth-order valence-corrected chi connectivity index (χ4v) is 2.89. The monoisotopic (exact) mass is 329 g/mol. The van der Waals surface area contributed by atoms with Crippen LogP contribution in [0.5, 0.6) is 0 Å². The average molecular weight is 330 g/mol. The van der Waals surface area contributed by atoms with E-state index in [0.29, 0.717) is 0 Å². The van der Waals surface area contributed by atoms with E-state index in [2.05, 4.69) is 43.7 Å². The van der Waals surface area contributed by atoms with Crippen molar-refractivity contribution < 1.29 is 0 Å². The van der Waals surface area contributed by atoms with Gasteiger partial charge in [0, 0.05) is 17.1 Å². The number of imidazole rings is 1. The molecule has 0 saturated heterocycles. The highest BCUT2D eigenvalue weighted by molar-refractivity contribution is 9.10. The van der Waals surface area contributed by atoms with E-state index in [4.69, 9.17) is 5.73 Å². The number of halogens is 1. The van der Waals surface area contributed by atoms with Gasteiger partial charge in [-0.15, -0.1) is 0 Å². The summed E-state index contributed by atoms with van der Waals surface area (Å²) in [6.07, 6.45) is 2.72.